The van der Waals surface area contributed by atoms with Gasteiger partial charge in [0.1, 0.15) is 0 Å². The second kappa shape index (κ2) is 13.2. The molecule has 0 heterocycles. The van der Waals surface area contributed by atoms with Crippen molar-refractivity contribution in [1.82, 2.24) is 0 Å². The molecule has 0 fully saturated rings. The maximum atomic E-state index is 6.94. The number of hydrogen-bond acceptors (Lipinski definition) is 0. The molecule has 0 atom stereocenters. The molecule has 0 aliphatic heterocycles. The SMILES string of the molecule is CC(C)(C)[NH-].C[SiH]C.[C-]1=CC=CC1.[V+2]. The van der Waals surface area contributed by atoms with Crippen LogP contribution in [0.15, 0.2) is 18.2 Å². The van der Waals surface area contributed by atoms with Crippen LogP contribution in [0.25, 0.3) is 5.73 Å². The Bertz CT molecular complexity index is 132. The number of hydrogen-bond donors (Lipinski definition) is 0. The summed E-state index contributed by atoms with van der Waals surface area (Å²) in [6.45, 7) is 9.98. The minimum absolute atomic E-state index is 0. The number of nitrogens with one attached hydrogen (secondary N) is 1. The summed E-state index contributed by atoms with van der Waals surface area (Å²) in [6, 6.07) is 0. The Morgan fingerprint density at radius 1 is 1.29 bits per heavy atom. The molecule has 0 saturated carbocycles. The average molecular weight is 247 g/mol. The van der Waals surface area contributed by atoms with Crippen molar-refractivity contribution in [3.8, 4) is 0 Å². The molecule has 1 aliphatic carbocycles. The van der Waals surface area contributed by atoms with Crippen molar-refractivity contribution < 1.29 is 18.6 Å². The van der Waals surface area contributed by atoms with Crippen molar-refractivity contribution in [2.24, 2.45) is 0 Å². The van der Waals surface area contributed by atoms with Crippen molar-refractivity contribution in [3.63, 3.8) is 0 Å². The van der Waals surface area contributed by atoms with Crippen molar-refractivity contribution in [1.29, 1.82) is 0 Å². The van der Waals surface area contributed by atoms with Gasteiger partial charge in [-0.3, -0.25) is 6.08 Å². The topological polar surface area (TPSA) is 23.8 Å². The predicted octanol–water partition coefficient (Wildman–Crippen LogP) is 3.66. The predicted molar refractivity (Wildman–Crippen MR) is 64.5 cm³/mol. The first kappa shape index (κ1) is 19.8. The van der Waals surface area contributed by atoms with E-state index in [0.717, 1.165) is 15.9 Å². The minimum Gasteiger partial charge on any atom is -0.673 e. The summed E-state index contributed by atoms with van der Waals surface area (Å²) >= 11 is 0. The zero-order chi connectivity index (χ0) is 10.7. The van der Waals surface area contributed by atoms with Gasteiger partial charge in [-0.05, 0) is 0 Å². The molecule has 0 amide bonds. The molecule has 0 spiro atoms. The molecule has 1 N–H and O–H groups in total. The molecule has 0 bridgehead atoms. The van der Waals surface area contributed by atoms with Crippen LogP contribution in [-0.2, 0) is 18.6 Å². The molecular formula is C11H22NSiV. The van der Waals surface area contributed by atoms with Crippen LogP contribution in [0.5, 0.6) is 0 Å². The Kier molecular flexibility index (Phi) is 18.7. The molecule has 0 aromatic rings. The first-order valence-electron chi connectivity index (χ1n) is 4.62. The molecule has 1 aliphatic rings. The van der Waals surface area contributed by atoms with Gasteiger partial charge in [0, 0.05) is 9.52 Å². The van der Waals surface area contributed by atoms with E-state index >= 15 is 0 Å². The zero-order valence-corrected chi connectivity index (χ0v) is 12.5. The molecule has 0 aromatic carbocycles. The van der Waals surface area contributed by atoms with E-state index in [1.807, 2.05) is 32.9 Å². The van der Waals surface area contributed by atoms with Gasteiger partial charge < -0.3 is 5.73 Å². The normalized spacial score (nSPS) is 11.9. The summed E-state index contributed by atoms with van der Waals surface area (Å²) in [5.41, 5.74) is 6.69. The minimum atomic E-state index is -0.250. The molecule has 1 rings (SSSR count). The molecule has 2 radical (unpaired) electrons. The quantitative estimate of drug-likeness (QED) is 0.461. The molecule has 14 heavy (non-hydrogen) atoms. The van der Waals surface area contributed by atoms with E-state index in [9.17, 15) is 0 Å². The number of allylic oxidation sites excluding steroid dienone is 4. The van der Waals surface area contributed by atoms with Crippen LogP contribution in [0.3, 0.4) is 0 Å². The summed E-state index contributed by atoms with van der Waals surface area (Å²) in [4.78, 5) is 0. The summed E-state index contributed by atoms with van der Waals surface area (Å²) in [5.74, 6) is 0. The average Bonchev–Trinajstić information content (AvgIpc) is 2.36. The van der Waals surface area contributed by atoms with Crippen molar-refractivity contribution >= 4 is 9.52 Å². The largest absolute Gasteiger partial charge is 2.00 e. The monoisotopic (exact) mass is 247 g/mol. The first-order valence-corrected chi connectivity index (χ1v) is 6.93. The van der Waals surface area contributed by atoms with E-state index in [0.29, 0.717) is 0 Å². The third-order valence-electron chi connectivity index (χ3n) is 0.586. The molecular weight excluding hydrogens is 225 g/mol. The Morgan fingerprint density at radius 3 is 1.71 bits per heavy atom. The van der Waals surface area contributed by atoms with Gasteiger partial charge in [0.05, 0.1) is 0 Å². The van der Waals surface area contributed by atoms with Crippen LogP contribution < -0.4 is 0 Å². The zero-order valence-electron chi connectivity index (χ0n) is 9.96. The fourth-order valence-corrected chi connectivity index (χ4v) is 0.340. The maximum absolute atomic E-state index is 6.94. The van der Waals surface area contributed by atoms with Gasteiger partial charge in [0.2, 0.25) is 0 Å². The Morgan fingerprint density at radius 2 is 1.64 bits per heavy atom. The molecule has 1 nitrogen and oxygen atoms in total. The molecule has 0 unspecified atom stereocenters. The third kappa shape index (κ3) is 56.3. The van der Waals surface area contributed by atoms with E-state index < -0.39 is 0 Å². The molecule has 3 heteroatoms. The fraction of sp³-hybridized carbons (Fsp3) is 0.636. The van der Waals surface area contributed by atoms with Crippen molar-refractivity contribution in [2.75, 3.05) is 0 Å². The van der Waals surface area contributed by atoms with E-state index in [1.54, 1.807) is 0 Å². The second-order valence-electron chi connectivity index (χ2n) is 3.83. The van der Waals surface area contributed by atoms with Crippen LogP contribution in [0, 0.1) is 6.08 Å². The van der Waals surface area contributed by atoms with Gasteiger partial charge in [-0.1, -0.05) is 33.9 Å². The Labute approximate surface area is 104 Å². The van der Waals surface area contributed by atoms with Gasteiger partial charge >= 0.3 is 18.6 Å². The van der Waals surface area contributed by atoms with Crippen LogP contribution >= 0.6 is 0 Å². The molecule has 0 aromatic heterocycles. The first-order chi connectivity index (χ1) is 5.91. The standard InChI is InChI=1S/C5H5.C4H10N.C2H7Si.V/c1-2-4-5-3-1;1-4(2,3)5;1-3-2;/h1-3H,4H2;5H,1-3H3;3H,1-2H3;/q2*-1;;+2. The van der Waals surface area contributed by atoms with Gasteiger partial charge in [0.15, 0.2) is 0 Å². The van der Waals surface area contributed by atoms with E-state index in [2.05, 4.69) is 25.2 Å². The second-order valence-corrected chi connectivity index (χ2v) is 4.99. The fourth-order valence-electron chi connectivity index (χ4n) is 0.340. The van der Waals surface area contributed by atoms with Crippen LogP contribution in [0.1, 0.15) is 27.2 Å². The summed E-state index contributed by atoms with van der Waals surface area (Å²) in [5, 5.41) is 0. The van der Waals surface area contributed by atoms with Crippen molar-refractivity contribution in [2.45, 2.75) is 45.8 Å². The van der Waals surface area contributed by atoms with Crippen LogP contribution in [-0.4, -0.2) is 15.1 Å². The summed E-state index contributed by atoms with van der Waals surface area (Å²) in [7, 11) is 0.750. The van der Waals surface area contributed by atoms with E-state index in [1.165, 1.54) is 0 Å². The summed E-state index contributed by atoms with van der Waals surface area (Å²) in [6.07, 6.45) is 10.0. The van der Waals surface area contributed by atoms with Crippen molar-refractivity contribution in [3.05, 3.63) is 30.0 Å². The van der Waals surface area contributed by atoms with Crippen LogP contribution in [0.2, 0.25) is 13.1 Å². The Balaban J connectivity index is -0.000000130. The van der Waals surface area contributed by atoms with Gasteiger partial charge in [-0.15, -0.1) is 12.0 Å². The van der Waals surface area contributed by atoms with E-state index in [-0.39, 0.29) is 24.1 Å². The molecule has 80 valence electrons. The molecule has 0 saturated heterocycles. The van der Waals surface area contributed by atoms with Gasteiger partial charge in [-0.25, -0.2) is 12.2 Å². The maximum Gasteiger partial charge on any atom is 2.00 e. The number of rotatable bonds is 0. The smallest absolute Gasteiger partial charge is 0.673 e. The summed E-state index contributed by atoms with van der Waals surface area (Å²) < 4.78 is 0. The third-order valence-corrected chi connectivity index (χ3v) is 0.586. The van der Waals surface area contributed by atoms with Crippen LogP contribution in [0.4, 0.5) is 0 Å². The van der Waals surface area contributed by atoms with E-state index in [4.69, 9.17) is 5.73 Å². The Hall–Kier alpha value is 0.241. The van der Waals surface area contributed by atoms with Gasteiger partial charge in [-0.2, -0.15) is 6.08 Å². The van der Waals surface area contributed by atoms with Gasteiger partial charge in [0.25, 0.3) is 0 Å².